The fourth-order valence-corrected chi connectivity index (χ4v) is 2.33. The van der Waals surface area contributed by atoms with Crippen molar-refractivity contribution in [3.05, 3.63) is 59.7 Å². The third-order valence-corrected chi connectivity index (χ3v) is 3.63. The minimum atomic E-state index is -0.257. The molecule has 2 aromatic rings. The van der Waals surface area contributed by atoms with Crippen molar-refractivity contribution in [2.75, 3.05) is 26.2 Å². The summed E-state index contributed by atoms with van der Waals surface area (Å²) in [6, 6.07) is 12.3. The van der Waals surface area contributed by atoms with E-state index in [1.165, 1.54) is 11.0 Å². The smallest absolute Gasteiger partial charge is 0.253 e. The summed E-state index contributed by atoms with van der Waals surface area (Å²) in [5.74, 6) is 0.965. The molecule has 1 aliphatic rings. The maximum Gasteiger partial charge on any atom is 0.253 e. The van der Waals surface area contributed by atoms with E-state index in [2.05, 4.69) is 5.32 Å². The Morgan fingerprint density at radius 2 is 1.76 bits per heavy atom. The monoisotopic (exact) mass is 338 g/mol. The highest BCUT2D eigenvalue weighted by molar-refractivity contribution is 6.02. The fourth-order valence-electron chi connectivity index (χ4n) is 2.33. The van der Waals surface area contributed by atoms with Crippen molar-refractivity contribution in [2.45, 2.75) is 0 Å². The molecule has 0 aliphatic carbocycles. The number of nitrogens with one attached hydrogen (secondary N) is 1. The van der Waals surface area contributed by atoms with Crippen LogP contribution < -0.4 is 14.8 Å². The van der Waals surface area contributed by atoms with E-state index in [4.69, 9.17) is 9.47 Å². The minimum absolute atomic E-state index is 0.0592. The van der Waals surface area contributed by atoms with E-state index in [1.807, 2.05) is 0 Å². The van der Waals surface area contributed by atoms with Gasteiger partial charge in [0.05, 0.1) is 0 Å². The van der Waals surface area contributed by atoms with Crippen LogP contribution in [0.1, 0.15) is 15.9 Å². The number of fused-ring (bicyclic) bond motifs is 1. The number of carbonyl (C=O) groups excluding carboxylic acids is 2. The van der Waals surface area contributed by atoms with Crippen LogP contribution in [-0.2, 0) is 4.79 Å². The van der Waals surface area contributed by atoms with Crippen LogP contribution in [0.15, 0.2) is 48.5 Å². The molecule has 0 saturated carbocycles. The molecule has 25 heavy (non-hydrogen) atoms. The van der Waals surface area contributed by atoms with E-state index in [0.717, 1.165) is 5.56 Å². The van der Waals surface area contributed by atoms with E-state index in [0.29, 0.717) is 22.7 Å². The van der Waals surface area contributed by atoms with Crippen LogP contribution >= 0.6 is 0 Å². The maximum absolute atomic E-state index is 12.0. The third kappa shape index (κ3) is 3.98. The van der Waals surface area contributed by atoms with Crippen LogP contribution in [0.25, 0.3) is 6.08 Å². The second-order valence-electron chi connectivity index (χ2n) is 5.71. The number of amides is 2. The SMILES string of the molecule is CN(C)C(=O)c1ccc(/C=C/C(=O)Nc2ccc3c(c2)OCO3)cc1. The number of ether oxygens (including phenoxy) is 2. The Hall–Kier alpha value is -3.28. The number of anilines is 1. The number of hydrogen-bond donors (Lipinski definition) is 1. The lowest BCUT2D eigenvalue weighted by Crippen LogP contribution is -2.21. The van der Waals surface area contributed by atoms with Gasteiger partial charge in [0.25, 0.3) is 5.91 Å². The third-order valence-electron chi connectivity index (χ3n) is 3.63. The lowest BCUT2D eigenvalue weighted by molar-refractivity contribution is -0.111. The van der Waals surface area contributed by atoms with Gasteiger partial charge < -0.3 is 19.7 Å². The summed E-state index contributed by atoms with van der Waals surface area (Å²) in [5, 5.41) is 2.76. The molecule has 128 valence electrons. The van der Waals surface area contributed by atoms with Gasteiger partial charge in [-0.3, -0.25) is 9.59 Å². The highest BCUT2D eigenvalue weighted by atomic mass is 16.7. The number of hydrogen-bond acceptors (Lipinski definition) is 4. The van der Waals surface area contributed by atoms with E-state index in [-0.39, 0.29) is 18.6 Å². The summed E-state index contributed by atoms with van der Waals surface area (Å²) in [4.78, 5) is 25.4. The zero-order valence-electron chi connectivity index (χ0n) is 14.0. The predicted octanol–water partition coefficient (Wildman–Crippen LogP) is 2.77. The number of benzene rings is 2. The Kier molecular flexibility index (Phi) is 4.70. The van der Waals surface area contributed by atoms with Crippen LogP contribution in [0.4, 0.5) is 5.69 Å². The van der Waals surface area contributed by atoms with Crippen LogP contribution in [-0.4, -0.2) is 37.6 Å². The molecule has 0 radical (unpaired) electrons. The summed E-state index contributed by atoms with van der Waals surface area (Å²) in [6.07, 6.45) is 3.12. The van der Waals surface area contributed by atoms with Crippen molar-refractivity contribution in [2.24, 2.45) is 0 Å². The van der Waals surface area contributed by atoms with Crippen molar-refractivity contribution in [1.82, 2.24) is 4.90 Å². The van der Waals surface area contributed by atoms with Crippen molar-refractivity contribution in [1.29, 1.82) is 0 Å². The molecule has 1 aliphatic heterocycles. The fraction of sp³-hybridized carbons (Fsp3) is 0.158. The summed E-state index contributed by atoms with van der Waals surface area (Å²) in [7, 11) is 3.41. The maximum atomic E-state index is 12.0. The molecule has 6 nitrogen and oxygen atoms in total. The lowest BCUT2D eigenvalue weighted by Gasteiger charge is -2.09. The van der Waals surface area contributed by atoms with Crippen molar-refractivity contribution in [3.63, 3.8) is 0 Å². The average Bonchev–Trinajstić information content (AvgIpc) is 3.07. The summed E-state index contributed by atoms with van der Waals surface area (Å²) < 4.78 is 10.5. The molecule has 0 fully saturated rings. The Morgan fingerprint density at radius 1 is 1.04 bits per heavy atom. The minimum Gasteiger partial charge on any atom is -0.454 e. The second-order valence-corrected chi connectivity index (χ2v) is 5.71. The number of rotatable bonds is 4. The molecular formula is C19H18N2O4. The van der Waals surface area contributed by atoms with Gasteiger partial charge >= 0.3 is 0 Å². The van der Waals surface area contributed by atoms with Crippen LogP contribution in [0.5, 0.6) is 11.5 Å². The van der Waals surface area contributed by atoms with E-state index >= 15 is 0 Å². The molecule has 0 aromatic heterocycles. The van der Waals surface area contributed by atoms with Gasteiger partial charge in [-0.1, -0.05) is 12.1 Å². The Balaban J connectivity index is 1.61. The molecule has 2 aromatic carbocycles. The highest BCUT2D eigenvalue weighted by Crippen LogP contribution is 2.34. The molecule has 3 rings (SSSR count). The van der Waals surface area contributed by atoms with Gasteiger partial charge in [0, 0.05) is 37.5 Å². The zero-order valence-corrected chi connectivity index (χ0v) is 14.0. The van der Waals surface area contributed by atoms with Gasteiger partial charge in [-0.2, -0.15) is 0 Å². The van der Waals surface area contributed by atoms with E-state index in [1.54, 1.807) is 62.6 Å². The second kappa shape index (κ2) is 7.09. The molecule has 6 heteroatoms. The van der Waals surface area contributed by atoms with Crippen LogP contribution in [0.3, 0.4) is 0 Å². The first-order valence-corrected chi connectivity index (χ1v) is 7.73. The van der Waals surface area contributed by atoms with Crippen molar-refractivity contribution in [3.8, 4) is 11.5 Å². The normalized spacial score (nSPS) is 12.2. The molecule has 1 heterocycles. The van der Waals surface area contributed by atoms with Gasteiger partial charge in [-0.25, -0.2) is 0 Å². The van der Waals surface area contributed by atoms with Crippen molar-refractivity contribution >= 4 is 23.6 Å². The predicted molar refractivity (Wildman–Crippen MR) is 94.7 cm³/mol. The highest BCUT2D eigenvalue weighted by Gasteiger charge is 2.13. The van der Waals surface area contributed by atoms with Gasteiger partial charge in [0.2, 0.25) is 12.7 Å². The van der Waals surface area contributed by atoms with Gasteiger partial charge in [0.15, 0.2) is 11.5 Å². The first-order chi connectivity index (χ1) is 12.0. The van der Waals surface area contributed by atoms with Gasteiger partial charge in [-0.15, -0.1) is 0 Å². The topological polar surface area (TPSA) is 67.9 Å². The number of carbonyl (C=O) groups is 2. The van der Waals surface area contributed by atoms with Gasteiger partial charge in [0.1, 0.15) is 0 Å². The molecule has 0 atom stereocenters. The van der Waals surface area contributed by atoms with Crippen LogP contribution in [0, 0.1) is 0 Å². The van der Waals surface area contributed by atoms with Crippen LogP contribution in [0.2, 0.25) is 0 Å². The lowest BCUT2D eigenvalue weighted by atomic mass is 10.1. The Labute approximate surface area is 145 Å². The standard InChI is InChI=1S/C19H18N2O4/c1-21(2)19(23)14-6-3-13(4-7-14)5-10-18(22)20-15-8-9-16-17(11-15)25-12-24-16/h3-11H,12H2,1-2H3,(H,20,22)/b10-5+. The Bertz CT molecular complexity index is 826. The summed E-state index contributed by atoms with van der Waals surface area (Å²) in [5.41, 5.74) is 2.06. The van der Waals surface area contributed by atoms with E-state index in [9.17, 15) is 9.59 Å². The largest absolute Gasteiger partial charge is 0.454 e. The number of nitrogens with zero attached hydrogens (tertiary/aromatic N) is 1. The first kappa shape index (κ1) is 16.6. The van der Waals surface area contributed by atoms with Crippen molar-refractivity contribution < 1.29 is 19.1 Å². The molecule has 0 spiro atoms. The molecule has 0 saturated heterocycles. The zero-order chi connectivity index (χ0) is 17.8. The Morgan fingerprint density at radius 3 is 2.48 bits per heavy atom. The summed E-state index contributed by atoms with van der Waals surface area (Å²) in [6.45, 7) is 0.193. The molecule has 2 amide bonds. The molecule has 0 bridgehead atoms. The first-order valence-electron chi connectivity index (χ1n) is 7.73. The average molecular weight is 338 g/mol. The molecule has 0 unspecified atom stereocenters. The van der Waals surface area contributed by atoms with E-state index < -0.39 is 0 Å². The van der Waals surface area contributed by atoms with Gasteiger partial charge in [-0.05, 0) is 35.9 Å². The summed E-state index contributed by atoms with van der Waals surface area (Å²) >= 11 is 0. The quantitative estimate of drug-likeness (QED) is 0.871. The molecular weight excluding hydrogens is 320 g/mol. The molecule has 1 N–H and O–H groups in total.